The molecule has 0 N–H and O–H groups in total. The summed E-state index contributed by atoms with van der Waals surface area (Å²) < 4.78 is 4.94. The lowest BCUT2D eigenvalue weighted by Crippen LogP contribution is -2.07. The van der Waals surface area contributed by atoms with Gasteiger partial charge in [-0.1, -0.05) is 36.4 Å². The Labute approximate surface area is 125 Å². The summed E-state index contributed by atoms with van der Waals surface area (Å²) in [7, 11) is 1.45. The number of esters is 1. The van der Waals surface area contributed by atoms with Crippen LogP contribution in [-0.4, -0.2) is 13.1 Å². The molecule has 0 heterocycles. The molecular formula is C19H20O2. The average molecular weight is 280 g/mol. The largest absolute Gasteiger partial charge is 0.465 e. The second-order valence-corrected chi connectivity index (χ2v) is 5.65. The first kappa shape index (κ1) is 13.9. The lowest BCUT2D eigenvalue weighted by atomic mass is 9.97. The van der Waals surface area contributed by atoms with Crippen LogP contribution in [0.4, 0.5) is 0 Å². The molecular weight excluding hydrogens is 260 g/mol. The molecule has 0 aromatic heterocycles. The number of carbonyl (C=O) groups is 1. The van der Waals surface area contributed by atoms with Gasteiger partial charge in [0.15, 0.2) is 0 Å². The van der Waals surface area contributed by atoms with E-state index in [1.54, 1.807) is 0 Å². The van der Waals surface area contributed by atoms with Gasteiger partial charge in [-0.25, -0.2) is 4.79 Å². The number of hydrogen-bond acceptors (Lipinski definition) is 2. The number of hydrogen-bond donors (Lipinski definition) is 0. The lowest BCUT2D eigenvalue weighted by molar-refractivity contribution is 0.0599. The van der Waals surface area contributed by atoms with Crippen LogP contribution in [0.1, 0.15) is 39.0 Å². The predicted molar refractivity (Wildman–Crippen MR) is 83.7 cm³/mol. The van der Waals surface area contributed by atoms with Gasteiger partial charge in [0.2, 0.25) is 0 Å². The van der Waals surface area contributed by atoms with Crippen LogP contribution in [0, 0.1) is 0 Å². The van der Waals surface area contributed by atoms with Gasteiger partial charge in [-0.3, -0.25) is 0 Å². The lowest BCUT2D eigenvalue weighted by Gasteiger charge is -2.10. The topological polar surface area (TPSA) is 26.3 Å². The van der Waals surface area contributed by atoms with Gasteiger partial charge in [-0.2, -0.15) is 0 Å². The monoisotopic (exact) mass is 280 g/mol. The summed E-state index contributed by atoms with van der Waals surface area (Å²) in [6.45, 7) is 0. The van der Waals surface area contributed by atoms with E-state index in [1.807, 2.05) is 6.07 Å². The first-order valence-corrected chi connectivity index (χ1v) is 7.54. The minimum Gasteiger partial charge on any atom is -0.465 e. The van der Waals surface area contributed by atoms with Crippen LogP contribution in [0.3, 0.4) is 0 Å². The van der Waals surface area contributed by atoms with Crippen molar-refractivity contribution in [2.24, 2.45) is 0 Å². The first-order valence-electron chi connectivity index (χ1n) is 7.54. The zero-order valence-electron chi connectivity index (χ0n) is 12.4. The van der Waals surface area contributed by atoms with E-state index in [0.29, 0.717) is 0 Å². The number of ether oxygens (including phenoxy) is 1. The molecule has 2 heteroatoms. The molecule has 4 bridgehead atoms. The zero-order chi connectivity index (χ0) is 14.7. The Morgan fingerprint density at radius 3 is 2.19 bits per heavy atom. The van der Waals surface area contributed by atoms with E-state index in [-0.39, 0.29) is 5.97 Å². The van der Waals surface area contributed by atoms with Gasteiger partial charge in [0.25, 0.3) is 0 Å². The van der Waals surface area contributed by atoms with Crippen molar-refractivity contribution in [2.75, 3.05) is 7.11 Å². The van der Waals surface area contributed by atoms with E-state index < -0.39 is 0 Å². The van der Waals surface area contributed by atoms with Crippen molar-refractivity contribution in [3.63, 3.8) is 0 Å². The molecule has 0 atom stereocenters. The van der Waals surface area contributed by atoms with Gasteiger partial charge in [0.1, 0.15) is 0 Å². The smallest absolute Gasteiger partial charge is 0.338 e. The van der Waals surface area contributed by atoms with Gasteiger partial charge in [0.05, 0.1) is 12.7 Å². The third kappa shape index (κ3) is 3.15. The van der Waals surface area contributed by atoms with E-state index in [0.717, 1.165) is 43.2 Å². The fraction of sp³-hybridized carbons (Fsp3) is 0.316. The van der Waals surface area contributed by atoms with Crippen molar-refractivity contribution in [1.82, 2.24) is 0 Å². The molecule has 2 aromatic rings. The van der Waals surface area contributed by atoms with Crippen molar-refractivity contribution < 1.29 is 9.53 Å². The maximum absolute atomic E-state index is 12.0. The van der Waals surface area contributed by atoms with Crippen LogP contribution in [0.2, 0.25) is 0 Å². The predicted octanol–water partition coefficient (Wildman–Crippen LogP) is 3.75. The highest BCUT2D eigenvalue weighted by atomic mass is 16.5. The maximum atomic E-state index is 12.0. The number of methoxy groups -OCH3 is 1. The van der Waals surface area contributed by atoms with E-state index in [9.17, 15) is 4.79 Å². The van der Waals surface area contributed by atoms with Crippen LogP contribution >= 0.6 is 0 Å². The summed E-state index contributed by atoms with van der Waals surface area (Å²) in [4.78, 5) is 12.0. The minimum atomic E-state index is -0.221. The number of rotatable bonds is 1. The number of aryl methyl sites for hydroxylation is 4. The molecule has 21 heavy (non-hydrogen) atoms. The van der Waals surface area contributed by atoms with Gasteiger partial charge < -0.3 is 4.74 Å². The summed E-state index contributed by atoms with van der Waals surface area (Å²) >= 11 is 0. The molecule has 2 aromatic carbocycles. The normalized spacial score (nSPS) is 14.1. The molecule has 6 rings (SSSR count). The average Bonchev–Trinajstić information content (AvgIpc) is 2.57. The molecule has 4 aliphatic rings. The Morgan fingerprint density at radius 2 is 1.48 bits per heavy atom. The molecule has 108 valence electrons. The molecule has 0 radical (unpaired) electrons. The zero-order valence-corrected chi connectivity index (χ0v) is 12.4. The van der Waals surface area contributed by atoms with Crippen molar-refractivity contribution in [1.29, 1.82) is 0 Å². The molecule has 2 nitrogen and oxygen atoms in total. The fourth-order valence-electron chi connectivity index (χ4n) is 2.94. The molecule has 0 saturated carbocycles. The standard InChI is InChI=1S/C19H20O2/c1-21-19(20)18-13-16-10-9-15-7-5-14(6-8-15)3-2-4-17(18)12-11-16/h5-8,11-13H,2-4,9-10H2,1H3. The highest BCUT2D eigenvalue weighted by Crippen LogP contribution is 2.19. The summed E-state index contributed by atoms with van der Waals surface area (Å²) in [5.41, 5.74) is 5.75. The van der Waals surface area contributed by atoms with Crippen LogP contribution in [0.5, 0.6) is 0 Å². The molecule has 0 saturated heterocycles. The third-order valence-electron chi connectivity index (χ3n) is 4.22. The summed E-state index contributed by atoms with van der Waals surface area (Å²) in [5, 5.41) is 0. The molecule has 0 spiro atoms. The van der Waals surface area contributed by atoms with Crippen LogP contribution in [-0.2, 0) is 30.4 Å². The number of benzene rings is 2. The van der Waals surface area contributed by atoms with E-state index >= 15 is 0 Å². The minimum absolute atomic E-state index is 0.221. The van der Waals surface area contributed by atoms with Crippen LogP contribution < -0.4 is 0 Å². The quantitative estimate of drug-likeness (QED) is 0.744. The van der Waals surface area contributed by atoms with Crippen LogP contribution in [0.15, 0.2) is 42.5 Å². The molecule has 0 amide bonds. The Bertz CT molecular complexity index is 641. The van der Waals surface area contributed by atoms with Gasteiger partial charge in [0, 0.05) is 0 Å². The SMILES string of the molecule is COC(=O)c1cc2ccc1CCCc1ccc(cc1)CC2. The molecule has 4 aliphatic carbocycles. The Morgan fingerprint density at radius 1 is 0.857 bits per heavy atom. The van der Waals surface area contributed by atoms with Gasteiger partial charge in [-0.15, -0.1) is 0 Å². The highest BCUT2D eigenvalue weighted by molar-refractivity contribution is 5.91. The highest BCUT2D eigenvalue weighted by Gasteiger charge is 2.13. The van der Waals surface area contributed by atoms with Gasteiger partial charge in [-0.05, 0) is 60.4 Å². The Kier molecular flexibility index (Phi) is 4.05. The maximum Gasteiger partial charge on any atom is 0.338 e. The Hall–Kier alpha value is -2.09. The molecule has 0 aliphatic heterocycles. The summed E-state index contributed by atoms with van der Waals surface area (Å²) in [5.74, 6) is -0.221. The molecule has 0 fully saturated rings. The van der Waals surface area contributed by atoms with E-state index in [1.165, 1.54) is 23.8 Å². The van der Waals surface area contributed by atoms with Crippen molar-refractivity contribution >= 4 is 5.97 Å². The second-order valence-electron chi connectivity index (χ2n) is 5.65. The summed E-state index contributed by atoms with van der Waals surface area (Å²) in [6.07, 6.45) is 4.95. The summed E-state index contributed by atoms with van der Waals surface area (Å²) in [6, 6.07) is 15.2. The second kappa shape index (κ2) is 6.13. The number of carbonyl (C=O) groups excluding carboxylic acids is 1. The molecule has 0 unspecified atom stereocenters. The first-order chi connectivity index (χ1) is 10.3. The fourth-order valence-corrected chi connectivity index (χ4v) is 2.94. The van der Waals surface area contributed by atoms with Crippen LogP contribution in [0.25, 0.3) is 0 Å². The van der Waals surface area contributed by atoms with E-state index in [4.69, 9.17) is 4.74 Å². The van der Waals surface area contributed by atoms with Gasteiger partial charge >= 0.3 is 5.97 Å². The van der Waals surface area contributed by atoms with Crippen molar-refractivity contribution in [2.45, 2.75) is 32.1 Å². The van der Waals surface area contributed by atoms with Crippen molar-refractivity contribution in [3.05, 3.63) is 70.3 Å². The third-order valence-corrected chi connectivity index (χ3v) is 4.22. The van der Waals surface area contributed by atoms with Crippen molar-refractivity contribution in [3.8, 4) is 0 Å². The van der Waals surface area contributed by atoms with E-state index in [2.05, 4.69) is 36.4 Å². The Balaban J connectivity index is 1.96.